The molecule has 0 aromatic rings. The number of hydrogen-bond acceptors (Lipinski definition) is 3. The molecule has 5 heteroatoms. The summed E-state index contributed by atoms with van der Waals surface area (Å²) in [6, 6.07) is 0. The Morgan fingerprint density at radius 2 is 1.17 bits per heavy atom. The van der Waals surface area contributed by atoms with E-state index in [1.165, 1.54) is 18.0 Å². The van der Waals surface area contributed by atoms with Gasteiger partial charge in [-0.3, -0.25) is 0 Å². The van der Waals surface area contributed by atoms with Crippen molar-refractivity contribution in [3.63, 3.8) is 0 Å². The van der Waals surface area contributed by atoms with Gasteiger partial charge in [0.15, 0.2) is 0 Å². The van der Waals surface area contributed by atoms with Gasteiger partial charge in [0, 0.05) is 0 Å². The van der Waals surface area contributed by atoms with E-state index >= 15 is 0 Å². The fourth-order valence-electron chi connectivity index (χ4n) is 0. The third-order valence-corrected chi connectivity index (χ3v) is 0. The summed E-state index contributed by atoms with van der Waals surface area (Å²) in [6.45, 7) is 0. The van der Waals surface area contributed by atoms with E-state index in [1.807, 2.05) is 0 Å². The second-order valence-electron chi connectivity index (χ2n) is 0.0680. The van der Waals surface area contributed by atoms with Crippen LogP contribution in [0.1, 0.15) is 7.43 Å². The van der Waals surface area contributed by atoms with Gasteiger partial charge in [-0.05, 0) is 0 Å². The van der Waals surface area contributed by atoms with Crippen molar-refractivity contribution in [3.8, 4) is 0 Å². The summed E-state index contributed by atoms with van der Waals surface area (Å²) in [5.74, 6) is 0. The quantitative estimate of drug-likeness (QED) is 0.582. The van der Waals surface area contributed by atoms with Crippen molar-refractivity contribution in [1.82, 2.24) is 0 Å². The van der Waals surface area contributed by atoms with Crippen molar-refractivity contribution in [2.75, 3.05) is 0 Å². The van der Waals surface area contributed by atoms with E-state index in [9.17, 15) is 0 Å². The van der Waals surface area contributed by atoms with Crippen LogP contribution in [0.15, 0.2) is 0 Å². The van der Waals surface area contributed by atoms with Crippen molar-refractivity contribution >= 4 is 29.5 Å². The van der Waals surface area contributed by atoms with Gasteiger partial charge in [0.1, 0.15) is 0 Å². The summed E-state index contributed by atoms with van der Waals surface area (Å²) in [5.41, 5.74) is 0. The average Bonchev–Trinajstić information content (AvgIpc) is 1.46. The van der Waals surface area contributed by atoms with E-state index in [-0.39, 0.29) is 7.43 Å². The van der Waals surface area contributed by atoms with E-state index in [0.29, 0.717) is 0 Å². The standard InChI is InChI=1S/CH4.Mo.3S.W/h1H4;;;;;. The summed E-state index contributed by atoms with van der Waals surface area (Å²) in [6.07, 6.45) is 0. The van der Waals surface area contributed by atoms with Crippen molar-refractivity contribution in [2.24, 2.45) is 0 Å². The molecule has 0 nitrogen and oxygen atoms in total. The molecule has 0 saturated carbocycles. The van der Waals surface area contributed by atoms with Crippen LogP contribution in [-0.4, -0.2) is 0 Å². The molecule has 0 aromatic carbocycles. The first-order chi connectivity index (χ1) is 2.41. The molecule has 38 valence electrons. The van der Waals surface area contributed by atoms with Crippen LogP contribution >= 0.6 is 29.5 Å². The second kappa shape index (κ2) is 27.8. The molecule has 0 N–H and O–H groups in total. The third kappa shape index (κ3) is 36.9. The molecule has 0 spiro atoms. The second-order valence-corrected chi connectivity index (χ2v) is 5.01. The average molecular weight is 392 g/mol. The topological polar surface area (TPSA) is 0 Å². The third-order valence-electron chi connectivity index (χ3n) is 0. The summed E-state index contributed by atoms with van der Waals surface area (Å²) in [4.78, 5) is 0. The molecule has 0 aliphatic rings. The van der Waals surface area contributed by atoms with Gasteiger partial charge in [0.05, 0.1) is 0 Å². The SMILES string of the molecule is C.[S]=[Mo].[S]=[W]=[S]. The molecule has 0 amide bonds. The predicted molar refractivity (Wildman–Crippen MR) is 29.5 cm³/mol. The Kier molecular flexibility index (Phi) is 72.7. The van der Waals surface area contributed by atoms with Gasteiger partial charge in [-0.15, -0.1) is 0 Å². The van der Waals surface area contributed by atoms with Gasteiger partial charge >= 0.3 is 62.4 Å². The molecular formula is CH4MoS3W. The molecule has 0 saturated heterocycles. The Hall–Kier alpha value is 2.04. The fourth-order valence-corrected chi connectivity index (χ4v) is 0. The zero-order valence-electron chi connectivity index (χ0n) is 2.04. The van der Waals surface area contributed by atoms with Crippen LogP contribution in [0.2, 0.25) is 0 Å². The van der Waals surface area contributed by atoms with Crippen LogP contribution in [0.4, 0.5) is 0 Å². The Labute approximate surface area is 68.9 Å². The first-order valence-corrected chi connectivity index (χ1v) is 11.1. The first kappa shape index (κ1) is 15.7. The van der Waals surface area contributed by atoms with Gasteiger partial charge in [-0.1, -0.05) is 7.43 Å². The van der Waals surface area contributed by atoms with Gasteiger partial charge in [-0.2, -0.15) is 0 Å². The van der Waals surface area contributed by atoms with Crippen LogP contribution in [0, 0.1) is 0 Å². The molecule has 0 bridgehead atoms. The molecule has 0 unspecified atom stereocenters. The van der Waals surface area contributed by atoms with Crippen molar-refractivity contribution in [3.05, 3.63) is 0 Å². The van der Waals surface area contributed by atoms with Crippen molar-refractivity contribution < 1.29 is 32.9 Å². The van der Waals surface area contributed by atoms with Crippen LogP contribution in [0.25, 0.3) is 0 Å². The molecule has 0 atom stereocenters. The van der Waals surface area contributed by atoms with Crippen LogP contribution < -0.4 is 0 Å². The van der Waals surface area contributed by atoms with Crippen LogP contribution in [-0.2, 0) is 32.9 Å². The molecule has 0 fully saturated rings. The number of rotatable bonds is 0. The van der Waals surface area contributed by atoms with Gasteiger partial charge in [0.25, 0.3) is 0 Å². The Morgan fingerprint density at radius 3 is 1.17 bits per heavy atom. The Bertz CT molecular complexity index is 40.1. The maximum absolute atomic E-state index is 4.38. The van der Waals surface area contributed by atoms with Crippen LogP contribution in [0.3, 0.4) is 0 Å². The van der Waals surface area contributed by atoms with E-state index in [2.05, 4.69) is 29.5 Å². The molecule has 0 aromatic heterocycles. The zero-order valence-corrected chi connectivity index (χ0v) is 9.43. The molecule has 0 rings (SSSR count). The fraction of sp³-hybridized carbons (Fsp3) is 1.00. The van der Waals surface area contributed by atoms with Gasteiger partial charge in [0.2, 0.25) is 0 Å². The summed E-state index contributed by atoms with van der Waals surface area (Å²) in [7, 11) is 12.8. The van der Waals surface area contributed by atoms with E-state index in [4.69, 9.17) is 0 Å². The molecule has 0 radical (unpaired) electrons. The first-order valence-electron chi connectivity index (χ1n) is 0.500. The molecule has 0 aliphatic heterocycles. The minimum absolute atomic E-state index is 0. The normalized spacial score (nSPS) is 2.67. The van der Waals surface area contributed by atoms with Gasteiger partial charge in [-0.25, -0.2) is 0 Å². The summed E-state index contributed by atoms with van der Waals surface area (Å²) < 4.78 is 0. The molecule has 0 heterocycles. The zero-order chi connectivity index (χ0) is 4.71. The molecular weight excluding hydrogens is 388 g/mol. The van der Waals surface area contributed by atoms with E-state index in [1.54, 1.807) is 0 Å². The predicted octanol–water partition coefficient (Wildman–Crippen LogP) is 2.58. The van der Waals surface area contributed by atoms with Crippen molar-refractivity contribution in [1.29, 1.82) is 0 Å². The Morgan fingerprint density at radius 1 is 1.17 bits per heavy atom. The van der Waals surface area contributed by atoms with E-state index < -0.39 is 14.9 Å². The van der Waals surface area contributed by atoms with Crippen molar-refractivity contribution in [2.45, 2.75) is 7.43 Å². The van der Waals surface area contributed by atoms with Crippen LogP contribution in [0.5, 0.6) is 0 Å². The van der Waals surface area contributed by atoms with Gasteiger partial charge < -0.3 is 0 Å². The number of hydrogen-bond donors (Lipinski definition) is 0. The Balaban J connectivity index is -0.0000000275. The summed E-state index contributed by atoms with van der Waals surface area (Å²) >= 11 is 0.950. The molecule has 6 heavy (non-hydrogen) atoms. The molecule has 0 aliphatic carbocycles. The summed E-state index contributed by atoms with van der Waals surface area (Å²) in [5, 5.41) is 0. The minimum atomic E-state index is -0.583. The monoisotopic (exact) mass is 394 g/mol. The van der Waals surface area contributed by atoms with E-state index in [0.717, 1.165) is 0 Å². The maximum atomic E-state index is 4.38.